The van der Waals surface area contributed by atoms with E-state index >= 15 is 0 Å². The number of halogens is 3. The highest BCUT2D eigenvalue weighted by Crippen LogP contribution is 2.36. The van der Waals surface area contributed by atoms with Gasteiger partial charge >= 0.3 is 5.97 Å². The summed E-state index contributed by atoms with van der Waals surface area (Å²) in [5.74, 6) is -0.126. The van der Waals surface area contributed by atoms with Gasteiger partial charge in [-0.1, -0.05) is 23.7 Å². The maximum absolute atomic E-state index is 14.1. The number of carbonyl (C=O) groups is 1. The molecule has 0 fully saturated rings. The minimum Gasteiger partial charge on any atom is -0.482 e. The van der Waals surface area contributed by atoms with Gasteiger partial charge in [-0.3, -0.25) is 0 Å². The number of ether oxygens (including phenoxy) is 2. The highest BCUT2D eigenvalue weighted by molar-refractivity contribution is 6.30. The van der Waals surface area contributed by atoms with E-state index in [2.05, 4.69) is 5.32 Å². The van der Waals surface area contributed by atoms with Gasteiger partial charge in [-0.15, -0.1) is 12.4 Å². The van der Waals surface area contributed by atoms with Gasteiger partial charge in [0.15, 0.2) is 6.61 Å². The minimum atomic E-state index is -0.438. The number of benzene rings is 2. The molecular weight excluding hydrogens is 380 g/mol. The van der Waals surface area contributed by atoms with Crippen LogP contribution in [0.4, 0.5) is 4.39 Å². The third-order valence-electron chi connectivity index (χ3n) is 4.12. The van der Waals surface area contributed by atoms with Crippen molar-refractivity contribution < 1.29 is 18.7 Å². The first kappa shape index (κ1) is 20.5. The normalized spacial score (nSPS) is 15.6. The van der Waals surface area contributed by atoms with Gasteiger partial charge in [-0.05, 0) is 48.7 Å². The number of carbonyl (C=O) groups excluding carboxylic acids is 1. The van der Waals surface area contributed by atoms with Crippen molar-refractivity contribution in [1.82, 2.24) is 5.32 Å². The van der Waals surface area contributed by atoms with Crippen LogP contribution in [0.3, 0.4) is 0 Å². The van der Waals surface area contributed by atoms with Crippen LogP contribution in [0.2, 0.25) is 5.02 Å². The first-order chi connectivity index (χ1) is 12.1. The summed E-state index contributed by atoms with van der Waals surface area (Å²) in [6.07, 6.45) is 0.623. The number of nitrogens with one attached hydrogen (secondary N) is 1. The molecule has 0 amide bonds. The summed E-state index contributed by atoms with van der Waals surface area (Å²) in [4.78, 5) is 11.6. The fourth-order valence-electron chi connectivity index (χ4n) is 3.05. The van der Waals surface area contributed by atoms with Crippen LogP contribution in [0, 0.1) is 5.82 Å². The molecule has 1 heterocycles. The van der Waals surface area contributed by atoms with Crippen LogP contribution in [-0.2, 0) is 16.0 Å². The number of hydrogen-bond donors (Lipinski definition) is 1. The zero-order chi connectivity index (χ0) is 17.8. The van der Waals surface area contributed by atoms with Gasteiger partial charge in [0.1, 0.15) is 11.6 Å². The Morgan fingerprint density at radius 2 is 2.12 bits per heavy atom. The number of hydrogen-bond acceptors (Lipinski definition) is 4. The molecule has 0 bridgehead atoms. The Morgan fingerprint density at radius 1 is 1.31 bits per heavy atom. The highest BCUT2D eigenvalue weighted by atomic mass is 35.5. The van der Waals surface area contributed by atoms with E-state index in [4.69, 9.17) is 21.1 Å². The molecule has 0 saturated heterocycles. The standard InChI is InChI=1S/C19H19ClFNO3.ClH/c1-2-24-18(23)11-25-17-7-6-12(20)10-15(17)19-14-4-3-5-16(21)13(14)8-9-22-19;/h3-7,10,19,22H,2,8-9,11H2,1H3;1H. The molecule has 140 valence electrons. The zero-order valence-corrected chi connectivity index (χ0v) is 15.8. The molecule has 4 nitrogen and oxygen atoms in total. The highest BCUT2D eigenvalue weighted by Gasteiger charge is 2.26. The minimum absolute atomic E-state index is 0. The van der Waals surface area contributed by atoms with Crippen LogP contribution in [0.1, 0.15) is 29.7 Å². The second-order valence-electron chi connectivity index (χ2n) is 5.72. The van der Waals surface area contributed by atoms with E-state index in [0.717, 1.165) is 11.1 Å². The maximum atomic E-state index is 14.1. The third-order valence-corrected chi connectivity index (χ3v) is 4.36. The summed E-state index contributed by atoms with van der Waals surface area (Å²) in [7, 11) is 0. The van der Waals surface area contributed by atoms with E-state index in [1.165, 1.54) is 6.07 Å². The molecular formula is C19H20Cl2FNO3. The van der Waals surface area contributed by atoms with Gasteiger partial charge in [0, 0.05) is 17.1 Å². The molecule has 0 saturated carbocycles. The Balaban J connectivity index is 0.00000243. The summed E-state index contributed by atoms with van der Waals surface area (Å²) in [5, 5.41) is 3.92. The molecule has 1 aliphatic heterocycles. The van der Waals surface area contributed by atoms with Crippen LogP contribution < -0.4 is 10.1 Å². The van der Waals surface area contributed by atoms with Crippen molar-refractivity contribution in [2.24, 2.45) is 0 Å². The third kappa shape index (κ3) is 4.47. The topological polar surface area (TPSA) is 47.6 Å². The van der Waals surface area contributed by atoms with E-state index in [1.807, 2.05) is 6.07 Å². The van der Waals surface area contributed by atoms with Crippen molar-refractivity contribution in [2.75, 3.05) is 19.8 Å². The Labute approximate surface area is 163 Å². The monoisotopic (exact) mass is 399 g/mol. The molecule has 7 heteroatoms. The number of rotatable bonds is 5. The average Bonchev–Trinajstić information content (AvgIpc) is 2.61. The van der Waals surface area contributed by atoms with Crippen molar-refractivity contribution >= 4 is 30.0 Å². The van der Waals surface area contributed by atoms with Gasteiger partial charge in [0.25, 0.3) is 0 Å². The second kappa shape index (κ2) is 9.21. The Morgan fingerprint density at radius 3 is 2.88 bits per heavy atom. The maximum Gasteiger partial charge on any atom is 0.344 e. The smallest absolute Gasteiger partial charge is 0.344 e. The fourth-order valence-corrected chi connectivity index (χ4v) is 3.23. The molecule has 0 aliphatic carbocycles. The average molecular weight is 400 g/mol. The van der Waals surface area contributed by atoms with Crippen LogP contribution in [-0.4, -0.2) is 25.7 Å². The molecule has 1 N–H and O–H groups in total. The lowest BCUT2D eigenvalue weighted by Crippen LogP contribution is -2.31. The van der Waals surface area contributed by atoms with E-state index in [-0.39, 0.29) is 30.9 Å². The number of fused-ring (bicyclic) bond motifs is 1. The summed E-state index contributed by atoms with van der Waals surface area (Å²) in [5.41, 5.74) is 2.32. The molecule has 2 aromatic carbocycles. The lowest BCUT2D eigenvalue weighted by Gasteiger charge is -2.29. The Bertz CT molecular complexity index is 785. The first-order valence-electron chi connectivity index (χ1n) is 8.18. The summed E-state index contributed by atoms with van der Waals surface area (Å²) in [6.45, 7) is 2.49. The van der Waals surface area contributed by atoms with Crippen LogP contribution in [0.15, 0.2) is 36.4 Å². The molecule has 0 aromatic heterocycles. The molecule has 0 spiro atoms. The molecule has 1 aliphatic rings. The second-order valence-corrected chi connectivity index (χ2v) is 6.16. The van der Waals surface area contributed by atoms with E-state index in [0.29, 0.717) is 35.9 Å². The molecule has 0 radical (unpaired) electrons. The van der Waals surface area contributed by atoms with Crippen molar-refractivity contribution in [3.63, 3.8) is 0 Å². The van der Waals surface area contributed by atoms with Crippen molar-refractivity contribution in [3.05, 3.63) is 63.9 Å². The van der Waals surface area contributed by atoms with E-state index in [1.54, 1.807) is 31.2 Å². The van der Waals surface area contributed by atoms with Crippen LogP contribution in [0.5, 0.6) is 5.75 Å². The Kier molecular flexibility index (Phi) is 7.26. The molecule has 2 aromatic rings. The SMILES string of the molecule is CCOC(=O)COc1ccc(Cl)cc1C1NCCc2c(F)cccc21.Cl. The van der Waals surface area contributed by atoms with Gasteiger partial charge in [-0.25, -0.2) is 9.18 Å². The van der Waals surface area contributed by atoms with Crippen molar-refractivity contribution in [3.8, 4) is 5.75 Å². The first-order valence-corrected chi connectivity index (χ1v) is 8.56. The quantitative estimate of drug-likeness (QED) is 0.769. The predicted octanol–water partition coefficient (Wildman–Crippen LogP) is 4.08. The number of esters is 1. The molecule has 1 unspecified atom stereocenters. The van der Waals surface area contributed by atoms with Crippen molar-refractivity contribution in [1.29, 1.82) is 0 Å². The van der Waals surface area contributed by atoms with Crippen LogP contribution >= 0.6 is 24.0 Å². The molecule has 1 atom stereocenters. The van der Waals surface area contributed by atoms with Gasteiger partial charge in [-0.2, -0.15) is 0 Å². The predicted molar refractivity (Wildman–Crippen MR) is 101 cm³/mol. The fraction of sp³-hybridized carbons (Fsp3) is 0.316. The summed E-state index contributed by atoms with van der Waals surface area (Å²) < 4.78 is 24.7. The van der Waals surface area contributed by atoms with Gasteiger partial charge in [0.05, 0.1) is 12.6 Å². The Hall–Kier alpha value is -1.82. The largest absolute Gasteiger partial charge is 0.482 e. The zero-order valence-electron chi connectivity index (χ0n) is 14.3. The van der Waals surface area contributed by atoms with E-state index in [9.17, 15) is 9.18 Å². The summed E-state index contributed by atoms with van der Waals surface area (Å²) in [6, 6.07) is 9.99. The molecule has 3 rings (SSSR count). The lowest BCUT2D eigenvalue weighted by molar-refractivity contribution is -0.145. The summed E-state index contributed by atoms with van der Waals surface area (Å²) >= 11 is 6.16. The van der Waals surface area contributed by atoms with Crippen molar-refractivity contribution in [2.45, 2.75) is 19.4 Å². The van der Waals surface area contributed by atoms with E-state index < -0.39 is 5.97 Å². The molecule has 26 heavy (non-hydrogen) atoms. The van der Waals surface area contributed by atoms with Gasteiger partial charge < -0.3 is 14.8 Å². The van der Waals surface area contributed by atoms with Gasteiger partial charge in [0.2, 0.25) is 0 Å². The van der Waals surface area contributed by atoms with Crippen LogP contribution in [0.25, 0.3) is 0 Å². The lowest BCUT2D eigenvalue weighted by atomic mass is 9.89.